The van der Waals surface area contributed by atoms with E-state index in [1.54, 1.807) is 25.0 Å². The SMILES string of the molecule is COC[C@@H]1COCCN1C(=O)/C=C/c1c(C)nn2c(=O)c(C(=O)NC3CC3)c(O)n(CC(C)(C)C)c12. The number of aromatic nitrogens is 3. The van der Waals surface area contributed by atoms with Gasteiger partial charge in [0.05, 0.1) is 31.6 Å². The number of carbonyl (C=O) groups excluding carboxylic acids is 2. The van der Waals surface area contributed by atoms with Crippen LogP contribution in [0.25, 0.3) is 11.7 Å². The molecule has 0 radical (unpaired) electrons. The Labute approximate surface area is 209 Å². The van der Waals surface area contributed by atoms with E-state index in [0.717, 1.165) is 17.4 Å². The van der Waals surface area contributed by atoms with E-state index in [0.29, 0.717) is 49.8 Å². The number of nitrogens with zero attached hydrogens (tertiary/aromatic N) is 4. The van der Waals surface area contributed by atoms with Crippen LogP contribution in [0.1, 0.15) is 55.2 Å². The zero-order valence-electron chi connectivity index (χ0n) is 21.5. The summed E-state index contributed by atoms with van der Waals surface area (Å²) in [4.78, 5) is 40.9. The monoisotopic (exact) mass is 501 g/mol. The standard InChI is InChI=1S/C25H35N5O6/c1-15-18(8-9-19(31)28-10-11-36-13-17(28)12-35-5)22-29(14-25(2,3)4)23(33)20(24(34)30(22)27-15)21(32)26-16-6-7-16/h8-9,16-17,33H,6-7,10-14H2,1-5H3,(H,26,32)/b9-8+/t17-/m1/s1. The summed E-state index contributed by atoms with van der Waals surface area (Å²) in [6.45, 7) is 9.64. The summed E-state index contributed by atoms with van der Waals surface area (Å²) in [5.74, 6) is -1.23. The molecule has 0 unspecified atom stereocenters. The lowest BCUT2D eigenvalue weighted by atomic mass is 9.96. The van der Waals surface area contributed by atoms with Gasteiger partial charge in [-0.1, -0.05) is 20.8 Å². The Bertz CT molecular complexity index is 1250. The Morgan fingerprint density at radius 3 is 2.67 bits per heavy atom. The molecular weight excluding hydrogens is 466 g/mol. The van der Waals surface area contributed by atoms with Crippen LogP contribution in [0.2, 0.25) is 0 Å². The fourth-order valence-corrected chi connectivity index (χ4v) is 4.39. The zero-order chi connectivity index (χ0) is 26.2. The van der Waals surface area contributed by atoms with Crippen molar-refractivity contribution in [1.29, 1.82) is 0 Å². The van der Waals surface area contributed by atoms with Crippen LogP contribution in [-0.4, -0.2) is 81.6 Å². The number of nitrogens with one attached hydrogen (secondary N) is 1. The van der Waals surface area contributed by atoms with Crippen molar-refractivity contribution in [3.05, 3.63) is 33.3 Å². The van der Waals surface area contributed by atoms with Gasteiger partial charge in [0.2, 0.25) is 11.8 Å². The average molecular weight is 502 g/mol. The molecule has 2 aromatic rings. The van der Waals surface area contributed by atoms with Crippen LogP contribution in [0.15, 0.2) is 10.9 Å². The molecule has 0 bridgehead atoms. The molecule has 11 heteroatoms. The molecule has 2 N–H and O–H groups in total. The lowest BCUT2D eigenvalue weighted by Gasteiger charge is -2.34. The van der Waals surface area contributed by atoms with E-state index in [1.165, 1.54) is 10.6 Å². The number of aromatic hydroxyl groups is 1. The largest absolute Gasteiger partial charge is 0.494 e. The molecular formula is C25H35N5O6. The predicted molar refractivity (Wildman–Crippen MR) is 133 cm³/mol. The topological polar surface area (TPSA) is 127 Å². The molecule has 1 aliphatic heterocycles. The van der Waals surface area contributed by atoms with Crippen molar-refractivity contribution >= 4 is 23.5 Å². The van der Waals surface area contributed by atoms with Gasteiger partial charge >= 0.3 is 0 Å². The van der Waals surface area contributed by atoms with E-state index in [4.69, 9.17) is 9.47 Å². The maximum atomic E-state index is 13.3. The lowest BCUT2D eigenvalue weighted by molar-refractivity contribution is -0.136. The van der Waals surface area contributed by atoms with Crippen LogP contribution in [0.3, 0.4) is 0 Å². The highest BCUT2D eigenvalue weighted by Crippen LogP contribution is 2.28. The minimum atomic E-state index is -0.701. The minimum Gasteiger partial charge on any atom is -0.494 e. The molecule has 3 heterocycles. The fraction of sp³-hybridized carbons (Fsp3) is 0.600. The zero-order valence-corrected chi connectivity index (χ0v) is 21.5. The third kappa shape index (κ3) is 5.31. The van der Waals surface area contributed by atoms with Crippen LogP contribution in [0, 0.1) is 12.3 Å². The highest BCUT2D eigenvalue weighted by molar-refractivity contribution is 5.97. The summed E-state index contributed by atoms with van der Waals surface area (Å²) in [7, 11) is 1.58. The van der Waals surface area contributed by atoms with E-state index < -0.39 is 17.3 Å². The molecule has 2 fully saturated rings. The molecule has 1 atom stereocenters. The number of fused-ring (bicyclic) bond motifs is 1. The van der Waals surface area contributed by atoms with E-state index in [9.17, 15) is 19.5 Å². The van der Waals surface area contributed by atoms with Crippen molar-refractivity contribution in [2.24, 2.45) is 5.41 Å². The predicted octanol–water partition coefficient (Wildman–Crippen LogP) is 1.34. The summed E-state index contributed by atoms with van der Waals surface area (Å²) in [6, 6.07) is -0.171. The number of hydrogen-bond acceptors (Lipinski definition) is 7. The lowest BCUT2D eigenvalue weighted by Crippen LogP contribution is -2.50. The van der Waals surface area contributed by atoms with Crippen molar-refractivity contribution < 1.29 is 24.2 Å². The molecule has 1 aliphatic carbocycles. The van der Waals surface area contributed by atoms with Gasteiger partial charge in [0, 0.05) is 37.9 Å². The maximum Gasteiger partial charge on any atom is 0.291 e. The van der Waals surface area contributed by atoms with Gasteiger partial charge in [-0.2, -0.15) is 9.61 Å². The fourth-order valence-electron chi connectivity index (χ4n) is 4.39. The Morgan fingerprint density at radius 2 is 2.03 bits per heavy atom. The van der Waals surface area contributed by atoms with Gasteiger partial charge in [0.1, 0.15) is 5.65 Å². The van der Waals surface area contributed by atoms with Crippen LogP contribution in [0.5, 0.6) is 5.88 Å². The van der Waals surface area contributed by atoms with Gasteiger partial charge in [0.25, 0.3) is 11.5 Å². The Morgan fingerprint density at radius 1 is 1.31 bits per heavy atom. The second kappa shape index (κ2) is 10.1. The number of amides is 2. The molecule has 4 rings (SSSR count). The van der Waals surface area contributed by atoms with E-state index in [2.05, 4.69) is 10.4 Å². The van der Waals surface area contributed by atoms with E-state index >= 15 is 0 Å². The number of morpholine rings is 1. The second-order valence-corrected chi connectivity index (χ2v) is 10.7. The quantitative estimate of drug-likeness (QED) is 0.548. The number of hydrogen-bond donors (Lipinski definition) is 2. The molecule has 0 spiro atoms. The Balaban J connectivity index is 1.79. The molecule has 1 saturated carbocycles. The first-order chi connectivity index (χ1) is 17.0. The summed E-state index contributed by atoms with van der Waals surface area (Å²) in [5.41, 5.74) is 0.0103. The number of carbonyl (C=O) groups is 2. The summed E-state index contributed by atoms with van der Waals surface area (Å²) in [5, 5.41) is 18.4. The first kappa shape index (κ1) is 25.9. The minimum absolute atomic E-state index is 0.0223. The van der Waals surface area contributed by atoms with Crippen LogP contribution >= 0.6 is 0 Å². The van der Waals surface area contributed by atoms with Gasteiger partial charge < -0.3 is 24.8 Å². The van der Waals surface area contributed by atoms with E-state index in [1.807, 2.05) is 20.8 Å². The number of ether oxygens (including phenoxy) is 2. The van der Waals surface area contributed by atoms with Gasteiger partial charge in [0.15, 0.2) is 5.56 Å². The third-order valence-corrected chi connectivity index (χ3v) is 6.26. The molecule has 0 aromatic carbocycles. The molecule has 2 aliphatic rings. The first-order valence-electron chi connectivity index (χ1n) is 12.2. The van der Waals surface area contributed by atoms with Crippen LogP contribution < -0.4 is 10.9 Å². The van der Waals surface area contributed by atoms with Gasteiger partial charge in [-0.05, 0) is 31.3 Å². The summed E-state index contributed by atoms with van der Waals surface area (Å²) >= 11 is 0. The second-order valence-electron chi connectivity index (χ2n) is 10.7. The number of methoxy groups -OCH3 is 1. The average Bonchev–Trinajstić information content (AvgIpc) is 3.55. The van der Waals surface area contributed by atoms with Crippen molar-refractivity contribution in [3.8, 4) is 5.88 Å². The van der Waals surface area contributed by atoms with Gasteiger partial charge in [-0.15, -0.1) is 0 Å². The maximum absolute atomic E-state index is 13.3. The Kier molecular flexibility index (Phi) is 7.24. The number of rotatable bonds is 7. The third-order valence-electron chi connectivity index (χ3n) is 6.26. The molecule has 36 heavy (non-hydrogen) atoms. The molecule has 196 valence electrons. The van der Waals surface area contributed by atoms with Gasteiger partial charge in [-0.25, -0.2) is 0 Å². The van der Waals surface area contributed by atoms with Crippen molar-refractivity contribution in [1.82, 2.24) is 24.4 Å². The van der Waals surface area contributed by atoms with Crippen LogP contribution in [-0.2, 0) is 20.8 Å². The molecule has 2 aromatic heterocycles. The smallest absolute Gasteiger partial charge is 0.291 e. The molecule has 2 amide bonds. The molecule has 11 nitrogen and oxygen atoms in total. The van der Waals surface area contributed by atoms with E-state index in [-0.39, 0.29) is 29.0 Å². The summed E-state index contributed by atoms with van der Waals surface area (Å²) < 4.78 is 13.4. The van der Waals surface area contributed by atoms with Gasteiger partial charge in [-0.3, -0.25) is 19.0 Å². The molecule has 1 saturated heterocycles. The first-order valence-corrected chi connectivity index (χ1v) is 12.2. The highest BCUT2D eigenvalue weighted by atomic mass is 16.5. The van der Waals surface area contributed by atoms with Crippen molar-refractivity contribution in [3.63, 3.8) is 0 Å². The van der Waals surface area contributed by atoms with Crippen molar-refractivity contribution in [2.75, 3.05) is 33.5 Å². The highest BCUT2D eigenvalue weighted by Gasteiger charge is 2.31. The summed E-state index contributed by atoms with van der Waals surface area (Å²) in [6.07, 6.45) is 4.75. The van der Waals surface area contributed by atoms with Crippen molar-refractivity contribution in [2.45, 2.75) is 59.2 Å². The normalized spacial score (nSPS) is 18.8. The Hall–Kier alpha value is -3.18. The number of aryl methyl sites for hydroxylation is 1. The van der Waals surface area contributed by atoms with Crippen LogP contribution in [0.4, 0.5) is 0 Å².